The maximum Gasteiger partial charge on any atom is 0.269 e. The van der Waals surface area contributed by atoms with Crippen molar-refractivity contribution in [2.45, 2.75) is 17.9 Å². The van der Waals surface area contributed by atoms with E-state index in [1.54, 1.807) is 6.92 Å². The van der Waals surface area contributed by atoms with Gasteiger partial charge in [0.2, 0.25) is 10.0 Å². The lowest BCUT2D eigenvalue weighted by atomic mass is 10.3. The van der Waals surface area contributed by atoms with E-state index in [2.05, 4.69) is 9.62 Å². The van der Waals surface area contributed by atoms with E-state index >= 15 is 0 Å². The fourth-order valence-electron chi connectivity index (χ4n) is 2.29. The molecule has 1 fully saturated rings. The van der Waals surface area contributed by atoms with Crippen LogP contribution in [-0.2, 0) is 14.8 Å². The third-order valence-electron chi connectivity index (χ3n) is 3.35. The van der Waals surface area contributed by atoms with Crippen LogP contribution < -0.4 is 4.72 Å². The van der Waals surface area contributed by atoms with Gasteiger partial charge in [0.1, 0.15) is 0 Å². The summed E-state index contributed by atoms with van der Waals surface area (Å²) < 4.78 is 32.3. The molecule has 0 saturated carbocycles. The van der Waals surface area contributed by atoms with Crippen LogP contribution in [0.15, 0.2) is 29.2 Å². The monoisotopic (exact) mass is 329 g/mol. The van der Waals surface area contributed by atoms with E-state index in [0.29, 0.717) is 19.8 Å². The van der Waals surface area contributed by atoms with Gasteiger partial charge in [-0.3, -0.25) is 15.0 Å². The molecule has 1 unspecified atom stereocenters. The molecule has 8 nitrogen and oxygen atoms in total. The molecule has 0 radical (unpaired) electrons. The SMILES string of the molecule is CC(CN1CCOCC1)NS(=O)(=O)c1ccc([N+](=O)[O-])cc1. The lowest BCUT2D eigenvalue weighted by molar-refractivity contribution is -0.384. The van der Waals surface area contributed by atoms with Crippen LogP contribution in [-0.4, -0.2) is 57.1 Å². The number of nitro benzene ring substituents is 1. The Morgan fingerprint density at radius 2 is 1.91 bits per heavy atom. The quantitative estimate of drug-likeness (QED) is 0.605. The number of morpholine rings is 1. The summed E-state index contributed by atoms with van der Waals surface area (Å²) in [7, 11) is -3.68. The standard InChI is InChI=1S/C13H19N3O5S/c1-11(10-15-6-8-21-9-7-15)14-22(19,20)13-4-2-12(3-5-13)16(17)18/h2-5,11,14H,6-10H2,1H3. The molecule has 0 aromatic heterocycles. The van der Waals surface area contributed by atoms with E-state index in [9.17, 15) is 18.5 Å². The zero-order valence-electron chi connectivity index (χ0n) is 12.3. The number of sulfonamides is 1. The Labute approximate surface area is 129 Å². The molecule has 1 N–H and O–H groups in total. The highest BCUT2D eigenvalue weighted by atomic mass is 32.2. The highest BCUT2D eigenvalue weighted by molar-refractivity contribution is 7.89. The van der Waals surface area contributed by atoms with Gasteiger partial charge < -0.3 is 4.74 Å². The number of hydrogen-bond acceptors (Lipinski definition) is 6. The van der Waals surface area contributed by atoms with E-state index in [0.717, 1.165) is 13.1 Å². The normalized spacial score (nSPS) is 18.0. The van der Waals surface area contributed by atoms with Crippen LogP contribution in [0.1, 0.15) is 6.92 Å². The van der Waals surface area contributed by atoms with Crippen LogP contribution in [0.25, 0.3) is 0 Å². The number of benzene rings is 1. The Kier molecular flexibility index (Phi) is 5.46. The van der Waals surface area contributed by atoms with Gasteiger partial charge >= 0.3 is 0 Å². The van der Waals surface area contributed by atoms with E-state index in [4.69, 9.17) is 4.74 Å². The lowest BCUT2D eigenvalue weighted by Gasteiger charge is -2.29. The Balaban J connectivity index is 1.98. The maximum atomic E-state index is 12.2. The van der Waals surface area contributed by atoms with Gasteiger partial charge in [0, 0.05) is 37.8 Å². The van der Waals surface area contributed by atoms with Crippen LogP contribution in [0.3, 0.4) is 0 Å². The molecule has 0 amide bonds. The second-order valence-corrected chi connectivity index (χ2v) is 6.90. The predicted octanol–water partition coefficient (Wildman–Crippen LogP) is 0.594. The van der Waals surface area contributed by atoms with Crippen LogP contribution in [0.2, 0.25) is 0 Å². The predicted molar refractivity (Wildman–Crippen MR) is 80.1 cm³/mol. The molecule has 1 saturated heterocycles. The molecular weight excluding hydrogens is 310 g/mol. The molecule has 9 heteroatoms. The van der Waals surface area contributed by atoms with Gasteiger partial charge in [0.15, 0.2) is 0 Å². The van der Waals surface area contributed by atoms with Crippen molar-refractivity contribution >= 4 is 15.7 Å². The summed E-state index contributed by atoms with van der Waals surface area (Å²) in [6.07, 6.45) is 0. The molecule has 0 aliphatic carbocycles. The molecule has 0 spiro atoms. The van der Waals surface area contributed by atoms with Gasteiger partial charge in [-0.2, -0.15) is 0 Å². The molecule has 0 bridgehead atoms. The molecule has 22 heavy (non-hydrogen) atoms. The van der Waals surface area contributed by atoms with Gasteiger partial charge in [0.05, 0.1) is 23.0 Å². The Morgan fingerprint density at radius 3 is 2.45 bits per heavy atom. The van der Waals surface area contributed by atoms with Crippen molar-refractivity contribution in [2.24, 2.45) is 0 Å². The van der Waals surface area contributed by atoms with Crippen molar-refractivity contribution in [2.75, 3.05) is 32.8 Å². The van der Waals surface area contributed by atoms with Crippen LogP contribution in [0.4, 0.5) is 5.69 Å². The van der Waals surface area contributed by atoms with Crippen molar-refractivity contribution in [3.8, 4) is 0 Å². The van der Waals surface area contributed by atoms with Crippen LogP contribution in [0.5, 0.6) is 0 Å². The number of non-ortho nitro benzene ring substituents is 1. The zero-order chi connectivity index (χ0) is 16.2. The van der Waals surface area contributed by atoms with Crippen LogP contribution in [0, 0.1) is 10.1 Å². The van der Waals surface area contributed by atoms with Crippen LogP contribution >= 0.6 is 0 Å². The second-order valence-electron chi connectivity index (χ2n) is 5.19. The number of rotatable bonds is 6. The Morgan fingerprint density at radius 1 is 1.32 bits per heavy atom. The summed E-state index contributed by atoms with van der Waals surface area (Å²) in [5.74, 6) is 0. The molecular formula is C13H19N3O5S. The van der Waals surface area contributed by atoms with Gasteiger partial charge in [-0.05, 0) is 19.1 Å². The molecule has 1 aromatic carbocycles. The lowest BCUT2D eigenvalue weighted by Crippen LogP contribution is -2.45. The zero-order valence-corrected chi connectivity index (χ0v) is 13.1. The molecule has 122 valence electrons. The van der Waals surface area contributed by atoms with Crippen molar-refractivity contribution in [1.82, 2.24) is 9.62 Å². The van der Waals surface area contributed by atoms with Gasteiger partial charge in [-0.15, -0.1) is 0 Å². The first-order valence-electron chi connectivity index (χ1n) is 6.95. The van der Waals surface area contributed by atoms with Gasteiger partial charge in [-0.25, -0.2) is 13.1 Å². The molecule has 1 aromatic rings. The maximum absolute atomic E-state index is 12.2. The molecule has 1 heterocycles. The highest BCUT2D eigenvalue weighted by Crippen LogP contribution is 2.16. The topological polar surface area (TPSA) is 102 Å². The Bertz CT molecular complexity index is 611. The summed E-state index contributed by atoms with van der Waals surface area (Å²) in [5.41, 5.74) is -0.139. The summed E-state index contributed by atoms with van der Waals surface area (Å²) in [5, 5.41) is 10.6. The first kappa shape index (κ1) is 16.8. The smallest absolute Gasteiger partial charge is 0.269 e. The first-order chi connectivity index (χ1) is 10.4. The molecule has 1 aliphatic heterocycles. The van der Waals surface area contributed by atoms with E-state index in [-0.39, 0.29) is 16.6 Å². The second kappa shape index (κ2) is 7.14. The minimum atomic E-state index is -3.68. The molecule has 2 rings (SSSR count). The number of nitro groups is 1. The third kappa shape index (κ3) is 4.47. The van der Waals surface area contributed by atoms with Gasteiger partial charge in [-0.1, -0.05) is 0 Å². The minimum Gasteiger partial charge on any atom is -0.379 e. The molecule has 1 aliphatic rings. The number of hydrogen-bond donors (Lipinski definition) is 1. The average molecular weight is 329 g/mol. The average Bonchev–Trinajstić information content (AvgIpc) is 2.47. The van der Waals surface area contributed by atoms with E-state index in [1.165, 1.54) is 24.3 Å². The molecule has 1 atom stereocenters. The first-order valence-corrected chi connectivity index (χ1v) is 8.44. The van der Waals surface area contributed by atoms with Crippen molar-refractivity contribution in [3.63, 3.8) is 0 Å². The number of nitrogens with one attached hydrogen (secondary N) is 1. The number of ether oxygens (including phenoxy) is 1. The minimum absolute atomic E-state index is 0.0203. The van der Waals surface area contributed by atoms with Crippen molar-refractivity contribution < 1.29 is 18.1 Å². The third-order valence-corrected chi connectivity index (χ3v) is 4.96. The van der Waals surface area contributed by atoms with Crippen molar-refractivity contribution in [3.05, 3.63) is 34.4 Å². The van der Waals surface area contributed by atoms with Crippen molar-refractivity contribution in [1.29, 1.82) is 0 Å². The summed E-state index contributed by atoms with van der Waals surface area (Å²) in [4.78, 5) is 12.2. The number of nitrogens with zero attached hydrogens (tertiary/aromatic N) is 2. The summed E-state index contributed by atoms with van der Waals surface area (Å²) in [6, 6.07) is 4.57. The Hall–Kier alpha value is -1.55. The summed E-state index contributed by atoms with van der Waals surface area (Å²) in [6.45, 7) is 5.25. The van der Waals surface area contributed by atoms with Gasteiger partial charge in [0.25, 0.3) is 5.69 Å². The highest BCUT2D eigenvalue weighted by Gasteiger charge is 2.21. The fourth-order valence-corrected chi connectivity index (χ4v) is 3.52. The fraction of sp³-hybridized carbons (Fsp3) is 0.538. The summed E-state index contributed by atoms with van der Waals surface area (Å²) >= 11 is 0. The van der Waals surface area contributed by atoms with E-state index < -0.39 is 14.9 Å². The van der Waals surface area contributed by atoms with E-state index in [1.807, 2.05) is 0 Å². The largest absolute Gasteiger partial charge is 0.379 e.